The van der Waals surface area contributed by atoms with E-state index < -0.39 is 0 Å². The number of hydrogen-bond acceptors (Lipinski definition) is 6. The molecule has 0 aliphatic heterocycles. The molecule has 0 aliphatic carbocycles. The molecular formula is C22H18ClN5O2. The quantitative estimate of drug-likeness (QED) is 0.450. The number of nitrogens with zero attached hydrogens (tertiary/aromatic N) is 3. The Morgan fingerprint density at radius 1 is 0.933 bits per heavy atom. The van der Waals surface area contributed by atoms with Gasteiger partial charge in [-0.2, -0.15) is 5.10 Å². The molecule has 7 nitrogen and oxygen atoms in total. The van der Waals surface area contributed by atoms with Gasteiger partial charge in [-0.15, -0.1) is 5.10 Å². The van der Waals surface area contributed by atoms with Crippen LogP contribution in [-0.4, -0.2) is 21.3 Å². The van der Waals surface area contributed by atoms with E-state index in [0.717, 1.165) is 11.4 Å². The van der Waals surface area contributed by atoms with E-state index in [1.807, 2.05) is 43.3 Å². The van der Waals surface area contributed by atoms with Gasteiger partial charge in [-0.25, -0.2) is 0 Å². The molecule has 150 valence electrons. The van der Waals surface area contributed by atoms with Crippen LogP contribution >= 0.6 is 11.6 Å². The van der Waals surface area contributed by atoms with E-state index in [1.165, 1.54) is 0 Å². The number of nitrogens with one attached hydrogen (secondary N) is 2. The molecule has 0 bridgehead atoms. The van der Waals surface area contributed by atoms with Crippen molar-refractivity contribution in [3.8, 4) is 11.3 Å². The monoisotopic (exact) mass is 419 g/mol. The predicted octanol–water partition coefficient (Wildman–Crippen LogP) is 5.40. The third-order valence-corrected chi connectivity index (χ3v) is 4.76. The summed E-state index contributed by atoms with van der Waals surface area (Å²) < 4.78 is 5.27. The summed E-state index contributed by atoms with van der Waals surface area (Å²) >= 11 is 6.27. The van der Waals surface area contributed by atoms with Crippen LogP contribution in [0.2, 0.25) is 5.02 Å². The van der Waals surface area contributed by atoms with Gasteiger partial charge in [0.25, 0.3) is 5.91 Å². The fourth-order valence-electron chi connectivity index (χ4n) is 2.92. The highest BCUT2D eigenvalue weighted by molar-refractivity contribution is 6.33. The third kappa shape index (κ3) is 4.16. The van der Waals surface area contributed by atoms with Crippen LogP contribution in [0.25, 0.3) is 11.3 Å². The van der Waals surface area contributed by atoms with Crippen molar-refractivity contribution in [1.82, 2.24) is 15.4 Å². The van der Waals surface area contributed by atoms with Gasteiger partial charge in [0.2, 0.25) is 0 Å². The lowest BCUT2D eigenvalue weighted by molar-refractivity contribution is 0.102. The standard InChI is InChI=1S/C22H18ClN5O2/c1-13-7-12-19(27-26-13)24-15-8-10-16(11-9-15)25-22(29)20-14(2)30-28-21(20)17-5-3-4-6-18(17)23/h3-12H,1-2H3,(H,24,27)(H,25,29). The number of benzene rings is 2. The molecule has 0 spiro atoms. The molecule has 4 rings (SSSR count). The zero-order valence-electron chi connectivity index (χ0n) is 16.3. The summed E-state index contributed by atoms with van der Waals surface area (Å²) in [5, 5.41) is 18.7. The van der Waals surface area contributed by atoms with E-state index in [9.17, 15) is 4.79 Å². The Morgan fingerprint density at radius 3 is 2.37 bits per heavy atom. The maximum absolute atomic E-state index is 12.9. The lowest BCUT2D eigenvalue weighted by Crippen LogP contribution is -2.13. The van der Waals surface area contributed by atoms with Gasteiger partial charge in [0.05, 0.1) is 10.7 Å². The number of halogens is 1. The molecular weight excluding hydrogens is 402 g/mol. The molecule has 2 aromatic heterocycles. The SMILES string of the molecule is Cc1ccc(Nc2ccc(NC(=O)c3c(-c4ccccc4Cl)noc3C)cc2)nn1. The minimum atomic E-state index is -0.325. The summed E-state index contributed by atoms with van der Waals surface area (Å²) in [5.41, 5.74) is 3.70. The molecule has 0 aliphatic rings. The molecule has 30 heavy (non-hydrogen) atoms. The number of amides is 1. The van der Waals surface area contributed by atoms with Gasteiger partial charge in [-0.3, -0.25) is 4.79 Å². The summed E-state index contributed by atoms with van der Waals surface area (Å²) in [4.78, 5) is 12.9. The first-order valence-corrected chi connectivity index (χ1v) is 9.59. The second-order valence-electron chi connectivity index (χ2n) is 6.66. The van der Waals surface area contributed by atoms with Crippen molar-refractivity contribution in [3.63, 3.8) is 0 Å². The first-order chi connectivity index (χ1) is 14.5. The minimum Gasteiger partial charge on any atom is -0.360 e. The Morgan fingerprint density at radius 2 is 1.67 bits per heavy atom. The highest BCUT2D eigenvalue weighted by Gasteiger charge is 2.23. The van der Waals surface area contributed by atoms with Crippen LogP contribution in [0.3, 0.4) is 0 Å². The van der Waals surface area contributed by atoms with Crippen molar-refractivity contribution >= 4 is 34.7 Å². The number of carbonyl (C=O) groups is 1. The topological polar surface area (TPSA) is 92.9 Å². The zero-order valence-corrected chi connectivity index (χ0v) is 17.1. The van der Waals surface area contributed by atoms with Crippen LogP contribution < -0.4 is 10.6 Å². The van der Waals surface area contributed by atoms with E-state index >= 15 is 0 Å². The Hall–Kier alpha value is -3.71. The van der Waals surface area contributed by atoms with Crippen molar-refractivity contribution in [2.75, 3.05) is 10.6 Å². The second kappa shape index (κ2) is 8.34. The highest BCUT2D eigenvalue weighted by Crippen LogP contribution is 2.31. The van der Waals surface area contributed by atoms with Gasteiger partial charge in [0.1, 0.15) is 17.0 Å². The van der Waals surface area contributed by atoms with Crippen LogP contribution in [0.4, 0.5) is 17.2 Å². The summed E-state index contributed by atoms with van der Waals surface area (Å²) in [6.45, 7) is 3.57. The van der Waals surface area contributed by atoms with Crippen LogP contribution in [0.15, 0.2) is 65.2 Å². The maximum atomic E-state index is 12.9. The van der Waals surface area contributed by atoms with E-state index in [2.05, 4.69) is 26.0 Å². The third-order valence-electron chi connectivity index (χ3n) is 4.43. The Labute approximate surface area is 178 Å². The summed E-state index contributed by atoms with van der Waals surface area (Å²) in [6, 6.07) is 18.2. The van der Waals surface area contributed by atoms with Crippen molar-refractivity contribution in [1.29, 1.82) is 0 Å². The molecule has 2 N–H and O–H groups in total. The Bertz CT molecular complexity index is 1190. The maximum Gasteiger partial charge on any atom is 0.261 e. The summed E-state index contributed by atoms with van der Waals surface area (Å²) in [5.74, 6) is 0.731. The number of rotatable bonds is 5. The molecule has 0 radical (unpaired) electrons. The fraction of sp³-hybridized carbons (Fsp3) is 0.0909. The number of hydrogen-bond donors (Lipinski definition) is 2. The van der Waals surface area contributed by atoms with Crippen LogP contribution in [0.1, 0.15) is 21.8 Å². The number of anilines is 3. The van der Waals surface area contributed by atoms with Crippen LogP contribution in [-0.2, 0) is 0 Å². The van der Waals surface area contributed by atoms with E-state index in [4.69, 9.17) is 16.1 Å². The number of aromatic nitrogens is 3. The van der Waals surface area contributed by atoms with Gasteiger partial charge in [-0.1, -0.05) is 35.0 Å². The minimum absolute atomic E-state index is 0.325. The van der Waals surface area contributed by atoms with E-state index in [1.54, 1.807) is 31.2 Å². The second-order valence-corrected chi connectivity index (χ2v) is 7.07. The highest BCUT2D eigenvalue weighted by atomic mass is 35.5. The van der Waals surface area contributed by atoms with Crippen LogP contribution in [0, 0.1) is 13.8 Å². The molecule has 0 saturated carbocycles. The first-order valence-electron chi connectivity index (χ1n) is 9.21. The van der Waals surface area contributed by atoms with Crippen molar-refractivity contribution < 1.29 is 9.32 Å². The lowest BCUT2D eigenvalue weighted by Gasteiger charge is -2.09. The number of carbonyl (C=O) groups excluding carboxylic acids is 1. The van der Waals surface area contributed by atoms with Crippen molar-refractivity contribution in [2.24, 2.45) is 0 Å². The fourth-order valence-corrected chi connectivity index (χ4v) is 3.15. The zero-order chi connectivity index (χ0) is 21.1. The molecule has 0 fully saturated rings. The molecule has 0 unspecified atom stereocenters. The van der Waals surface area contributed by atoms with Gasteiger partial charge < -0.3 is 15.2 Å². The molecule has 2 aromatic carbocycles. The van der Waals surface area contributed by atoms with E-state index in [0.29, 0.717) is 39.1 Å². The molecule has 1 amide bonds. The van der Waals surface area contributed by atoms with Gasteiger partial charge in [0, 0.05) is 16.9 Å². The average Bonchev–Trinajstić information content (AvgIpc) is 3.13. The van der Waals surface area contributed by atoms with E-state index in [-0.39, 0.29) is 5.91 Å². The largest absolute Gasteiger partial charge is 0.360 e. The van der Waals surface area contributed by atoms with Gasteiger partial charge in [0.15, 0.2) is 5.82 Å². The van der Waals surface area contributed by atoms with Gasteiger partial charge >= 0.3 is 0 Å². The Balaban J connectivity index is 1.51. The molecule has 8 heteroatoms. The Kier molecular flexibility index (Phi) is 5.45. The predicted molar refractivity (Wildman–Crippen MR) is 116 cm³/mol. The molecule has 0 saturated heterocycles. The normalized spacial score (nSPS) is 10.6. The van der Waals surface area contributed by atoms with Crippen molar-refractivity contribution in [2.45, 2.75) is 13.8 Å². The van der Waals surface area contributed by atoms with Crippen molar-refractivity contribution in [3.05, 3.63) is 82.7 Å². The summed E-state index contributed by atoms with van der Waals surface area (Å²) in [7, 11) is 0. The lowest BCUT2D eigenvalue weighted by atomic mass is 10.1. The smallest absolute Gasteiger partial charge is 0.261 e. The molecule has 2 heterocycles. The first kappa shape index (κ1) is 19.6. The van der Waals surface area contributed by atoms with Gasteiger partial charge in [-0.05, 0) is 56.3 Å². The molecule has 4 aromatic rings. The average molecular weight is 420 g/mol. The summed E-state index contributed by atoms with van der Waals surface area (Å²) in [6.07, 6.45) is 0. The van der Waals surface area contributed by atoms with Crippen LogP contribution in [0.5, 0.6) is 0 Å². The number of aryl methyl sites for hydroxylation is 2. The molecule has 0 atom stereocenters.